The van der Waals surface area contributed by atoms with E-state index in [0.717, 1.165) is 32.1 Å². The lowest BCUT2D eigenvalue weighted by atomic mass is 10.0. The van der Waals surface area contributed by atoms with Crippen molar-refractivity contribution in [3.05, 3.63) is 24.3 Å². The van der Waals surface area contributed by atoms with Crippen LogP contribution in [0.3, 0.4) is 0 Å². The second-order valence-corrected chi connectivity index (χ2v) is 24.0. The van der Waals surface area contributed by atoms with Gasteiger partial charge in [-0.15, -0.1) is 0 Å². The molecule has 0 saturated heterocycles. The average molecular weight is 1040 g/mol. The Morgan fingerprint density at radius 2 is 0.527 bits per heavy atom. The molecule has 0 aromatic heterocycles. The third-order valence-corrected chi connectivity index (χ3v) is 16.4. The summed E-state index contributed by atoms with van der Waals surface area (Å²) >= 11 is 0. The molecule has 1 amide bonds. The van der Waals surface area contributed by atoms with Gasteiger partial charge in [0, 0.05) is 6.42 Å². The number of amides is 1. The number of hydrogen-bond donors (Lipinski definition) is 3. The van der Waals surface area contributed by atoms with Gasteiger partial charge in [-0.1, -0.05) is 385 Å². The van der Waals surface area contributed by atoms with Crippen molar-refractivity contribution in [1.82, 2.24) is 5.32 Å². The van der Waals surface area contributed by atoms with E-state index in [1.54, 1.807) is 6.08 Å². The summed E-state index contributed by atoms with van der Waals surface area (Å²) in [6, 6.07) is -0.637. The van der Waals surface area contributed by atoms with E-state index in [4.69, 9.17) is 0 Å². The molecule has 0 rings (SSSR count). The van der Waals surface area contributed by atoms with Crippen LogP contribution in [0.4, 0.5) is 0 Å². The van der Waals surface area contributed by atoms with E-state index in [-0.39, 0.29) is 12.5 Å². The first-order valence-corrected chi connectivity index (χ1v) is 34.6. The minimum absolute atomic E-state index is 0.0644. The minimum atomic E-state index is -0.861. The lowest BCUT2D eigenvalue weighted by Gasteiger charge is -2.19. The van der Waals surface area contributed by atoms with Crippen LogP contribution in [0, 0.1) is 0 Å². The fourth-order valence-electron chi connectivity index (χ4n) is 11.2. The van der Waals surface area contributed by atoms with E-state index in [1.165, 1.54) is 347 Å². The molecule has 0 aromatic carbocycles. The molecule has 0 aliphatic carbocycles. The molecule has 0 aliphatic rings. The Labute approximate surface area is 466 Å². The second-order valence-electron chi connectivity index (χ2n) is 24.0. The monoisotopic (exact) mass is 1040 g/mol. The summed E-state index contributed by atoms with van der Waals surface area (Å²) in [6.45, 7) is 4.35. The van der Waals surface area contributed by atoms with E-state index >= 15 is 0 Å². The summed E-state index contributed by atoms with van der Waals surface area (Å²) in [7, 11) is 0. The number of aliphatic hydroxyl groups is 2. The summed E-state index contributed by atoms with van der Waals surface area (Å²) in [6.07, 6.45) is 89.9. The van der Waals surface area contributed by atoms with Crippen molar-refractivity contribution < 1.29 is 15.0 Å². The van der Waals surface area contributed by atoms with Gasteiger partial charge in [0.25, 0.3) is 0 Å². The van der Waals surface area contributed by atoms with Gasteiger partial charge >= 0.3 is 0 Å². The quantitative estimate of drug-likeness (QED) is 0.0420. The molecule has 0 spiro atoms. The Kier molecular flexibility index (Phi) is 65.1. The van der Waals surface area contributed by atoms with Crippen molar-refractivity contribution in [2.24, 2.45) is 0 Å². The lowest BCUT2D eigenvalue weighted by Crippen LogP contribution is -2.45. The van der Waals surface area contributed by atoms with Crippen LogP contribution < -0.4 is 5.32 Å². The summed E-state index contributed by atoms with van der Waals surface area (Å²) in [5.41, 5.74) is 0. The van der Waals surface area contributed by atoms with Crippen molar-refractivity contribution in [3.63, 3.8) is 0 Å². The maximum Gasteiger partial charge on any atom is 0.220 e. The Hall–Kier alpha value is -1.13. The highest BCUT2D eigenvalue weighted by atomic mass is 16.3. The maximum absolute atomic E-state index is 12.5. The highest BCUT2D eigenvalue weighted by Gasteiger charge is 2.18. The number of carbonyl (C=O) groups is 1. The van der Waals surface area contributed by atoms with E-state index in [9.17, 15) is 15.0 Å². The number of hydrogen-bond acceptors (Lipinski definition) is 3. The normalized spacial score (nSPS) is 12.8. The van der Waals surface area contributed by atoms with Crippen molar-refractivity contribution in [3.8, 4) is 0 Å². The largest absolute Gasteiger partial charge is 0.394 e. The zero-order valence-electron chi connectivity index (χ0n) is 50.9. The van der Waals surface area contributed by atoms with Crippen molar-refractivity contribution >= 4 is 5.91 Å². The summed E-state index contributed by atoms with van der Waals surface area (Å²) < 4.78 is 0. The fraction of sp³-hybridized carbons (Fsp3) is 0.929. The smallest absolute Gasteiger partial charge is 0.220 e. The molecule has 3 N–H and O–H groups in total. The van der Waals surface area contributed by atoms with Gasteiger partial charge in [-0.2, -0.15) is 0 Å². The molecule has 2 atom stereocenters. The molecule has 0 aliphatic heterocycles. The molecule has 4 nitrogen and oxygen atoms in total. The van der Waals surface area contributed by atoms with Gasteiger partial charge in [0.1, 0.15) is 0 Å². The van der Waals surface area contributed by atoms with Gasteiger partial charge in [-0.05, 0) is 32.1 Å². The van der Waals surface area contributed by atoms with E-state index in [0.29, 0.717) is 6.42 Å². The number of unbranched alkanes of at least 4 members (excludes halogenated alkanes) is 56. The Morgan fingerprint density at radius 3 is 0.784 bits per heavy atom. The molecule has 74 heavy (non-hydrogen) atoms. The van der Waals surface area contributed by atoms with E-state index < -0.39 is 12.1 Å². The van der Waals surface area contributed by atoms with Crippen molar-refractivity contribution in [2.45, 2.75) is 411 Å². The van der Waals surface area contributed by atoms with Gasteiger partial charge in [0.05, 0.1) is 18.8 Å². The SMILES string of the molecule is CCCCCCCCCCCCCCCCCCCC/C=C/CC/C=C/C(O)C(CO)NC(=O)CCCCCCCCCCCCCCCCCCCCCCCCCCCCCCCCCCCCCCCC. The summed E-state index contributed by atoms with van der Waals surface area (Å²) in [5, 5.41) is 23.2. The molecule has 4 heteroatoms. The molecular weight excluding hydrogens is 903 g/mol. The van der Waals surface area contributed by atoms with Crippen LogP contribution in [-0.4, -0.2) is 34.9 Å². The Morgan fingerprint density at radius 1 is 0.311 bits per heavy atom. The third kappa shape index (κ3) is 61.7. The van der Waals surface area contributed by atoms with Crippen LogP contribution in [0.25, 0.3) is 0 Å². The highest BCUT2D eigenvalue weighted by Crippen LogP contribution is 2.19. The van der Waals surface area contributed by atoms with Crippen LogP contribution in [0.1, 0.15) is 399 Å². The minimum Gasteiger partial charge on any atom is -0.394 e. The van der Waals surface area contributed by atoms with Crippen LogP contribution in [-0.2, 0) is 4.79 Å². The second kappa shape index (κ2) is 66.2. The van der Waals surface area contributed by atoms with E-state index in [1.807, 2.05) is 6.08 Å². The van der Waals surface area contributed by atoms with Crippen LogP contribution in [0.2, 0.25) is 0 Å². The molecular formula is C70H137NO3. The van der Waals surface area contributed by atoms with Gasteiger partial charge in [-0.3, -0.25) is 4.79 Å². The molecule has 2 unspecified atom stereocenters. The predicted octanol–water partition coefficient (Wildman–Crippen LogP) is 23.4. The molecule has 0 saturated carbocycles. The molecule has 0 aromatic rings. The van der Waals surface area contributed by atoms with Crippen LogP contribution >= 0.6 is 0 Å². The predicted molar refractivity (Wildman–Crippen MR) is 332 cm³/mol. The zero-order chi connectivity index (χ0) is 53.4. The number of rotatable bonds is 65. The van der Waals surface area contributed by atoms with Gasteiger partial charge in [0.2, 0.25) is 5.91 Å². The number of nitrogens with one attached hydrogen (secondary N) is 1. The van der Waals surface area contributed by atoms with Crippen molar-refractivity contribution in [2.75, 3.05) is 6.61 Å². The molecule has 0 bridgehead atoms. The number of aliphatic hydroxyl groups excluding tert-OH is 2. The molecule has 0 fully saturated rings. The zero-order valence-corrected chi connectivity index (χ0v) is 50.9. The molecule has 0 heterocycles. The summed E-state index contributed by atoms with van der Waals surface area (Å²) in [4.78, 5) is 12.5. The van der Waals surface area contributed by atoms with Crippen LogP contribution in [0.15, 0.2) is 24.3 Å². The highest BCUT2D eigenvalue weighted by molar-refractivity contribution is 5.76. The standard InChI is InChI=1S/C70H137NO3/c1-3-5-7-9-11-13-15-17-19-21-23-25-27-29-30-31-32-33-34-35-36-37-38-39-40-41-42-44-46-48-50-52-54-56-58-60-62-64-66-70(74)71-68(67-72)69(73)65-63-61-59-57-55-53-51-49-47-45-43-28-26-24-22-20-18-16-14-12-10-8-6-4-2/h55,57,63,65,68-69,72-73H,3-54,56,58-62,64,66-67H2,1-2H3,(H,71,74)/b57-55+,65-63+. The molecule has 440 valence electrons. The average Bonchev–Trinajstić information content (AvgIpc) is 3.40. The summed E-state index contributed by atoms with van der Waals surface area (Å²) in [5.74, 6) is -0.0644. The topological polar surface area (TPSA) is 69.6 Å². The first kappa shape index (κ1) is 72.9. The van der Waals surface area contributed by atoms with Crippen molar-refractivity contribution in [1.29, 1.82) is 0 Å². The van der Waals surface area contributed by atoms with Gasteiger partial charge in [-0.25, -0.2) is 0 Å². The van der Waals surface area contributed by atoms with Gasteiger partial charge < -0.3 is 15.5 Å². The number of allylic oxidation sites excluding steroid dienone is 3. The maximum atomic E-state index is 12.5. The first-order valence-electron chi connectivity index (χ1n) is 34.6. The van der Waals surface area contributed by atoms with E-state index in [2.05, 4.69) is 31.3 Å². The Balaban J connectivity index is 3.40. The van der Waals surface area contributed by atoms with Crippen LogP contribution in [0.5, 0.6) is 0 Å². The third-order valence-electron chi connectivity index (χ3n) is 16.4. The lowest BCUT2D eigenvalue weighted by molar-refractivity contribution is -0.123. The molecule has 0 radical (unpaired) electrons. The fourth-order valence-corrected chi connectivity index (χ4v) is 11.2. The first-order chi connectivity index (χ1) is 36.7. The van der Waals surface area contributed by atoms with Gasteiger partial charge in [0.15, 0.2) is 0 Å². The Bertz CT molecular complexity index is 1090. The number of carbonyl (C=O) groups excluding carboxylic acids is 1.